The second kappa shape index (κ2) is 5.24. The fourth-order valence-electron chi connectivity index (χ4n) is 1.41. The average Bonchev–Trinajstić information content (AvgIpc) is 2.84. The number of sulfonamides is 1. The lowest BCUT2D eigenvalue weighted by Crippen LogP contribution is -2.24. The molecule has 2 rings (SSSR count). The molecular weight excluding hydrogens is 294 g/mol. The van der Waals surface area contributed by atoms with Gasteiger partial charge in [0.1, 0.15) is 16.5 Å². The quantitative estimate of drug-likeness (QED) is 0.850. The van der Waals surface area contributed by atoms with E-state index >= 15 is 0 Å². The third-order valence-electron chi connectivity index (χ3n) is 2.36. The fourth-order valence-corrected chi connectivity index (χ4v) is 3.24. The van der Waals surface area contributed by atoms with Crippen LogP contribution < -0.4 is 10.5 Å². The standard InChI is InChI=1S/C11H10F2N2O2S2/c12-8-4-9(13)11(5-10(8)14)19(16,17)15-6-7-2-1-3-18-7/h1-5,15H,6,14H2. The van der Waals surface area contributed by atoms with E-state index in [1.807, 2.05) is 0 Å². The minimum atomic E-state index is -4.07. The van der Waals surface area contributed by atoms with E-state index < -0.39 is 32.2 Å². The van der Waals surface area contributed by atoms with Gasteiger partial charge in [-0.1, -0.05) is 6.07 Å². The smallest absolute Gasteiger partial charge is 0.243 e. The van der Waals surface area contributed by atoms with Gasteiger partial charge in [-0.25, -0.2) is 21.9 Å². The van der Waals surface area contributed by atoms with Gasteiger partial charge in [-0.15, -0.1) is 11.3 Å². The van der Waals surface area contributed by atoms with E-state index in [1.165, 1.54) is 11.3 Å². The second-order valence-electron chi connectivity index (χ2n) is 3.71. The van der Waals surface area contributed by atoms with Crippen LogP contribution in [0.5, 0.6) is 0 Å². The Labute approximate surface area is 112 Å². The Morgan fingerprint density at radius 3 is 2.63 bits per heavy atom. The zero-order valence-corrected chi connectivity index (χ0v) is 11.2. The number of nitrogens with one attached hydrogen (secondary N) is 1. The predicted octanol–water partition coefficient (Wildman–Crippen LogP) is 2.09. The molecule has 0 bridgehead atoms. The molecular formula is C11H10F2N2O2S2. The van der Waals surface area contributed by atoms with Gasteiger partial charge < -0.3 is 5.73 Å². The van der Waals surface area contributed by atoms with Gasteiger partial charge in [0.05, 0.1) is 5.69 Å². The minimum absolute atomic E-state index is 0.0384. The van der Waals surface area contributed by atoms with Crippen LogP contribution in [0.2, 0.25) is 0 Å². The molecule has 19 heavy (non-hydrogen) atoms. The summed E-state index contributed by atoms with van der Waals surface area (Å²) < 4.78 is 52.5. The van der Waals surface area contributed by atoms with Gasteiger partial charge in [0.15, 0.2) is 0 Å². The van der Waals surface area contributed by atoms with Gasteiger partial charge in [-0.05, 0) is 17.5 Å². The molecule has 0 aliphatic heterocycles. The highest BCUT2D eigenvalue weighted by atomic mass is 32.2. The Morgan fingerprint density at radius 1 is 1.26 bits per heavy atom. The lowest BCUT2D eigenvalue weighted by molar-refractivity contribution is 0.544. The van der Waals surface area contributed by atoms with E-state index in [0.29, 0.717) is 6.07 Å². The van der Waals surface area contributed by atoms with Crippen LogP contribution >= 0.6 is 11.3 Å². The van der Waals surface area contributed by atoms with Crippen LogP contribution in [0.3, 0.4) is 0 Å². The first-order chi connectivity index (χ1) is 8.90. The highest BCUT2D eigenvalue weighted by Gasteiger charge is 2.21. The molecule has 0 fully saturated rings. The van der Waals surface area contributed by atoms with E-state index in [-0.39, 0.29) is 6.54 Å². The summed E-state index contributed by atoms with van der Waals surface area (Å²) in [5.41, 5.74) is 4.83. The Bertz CT molecular complexity index is 685. The van der Waals surface area contributed by atoms with E-state index in [2.05, 4.69) is 4.72 Å². The van der Waals surface area contributed by atoms with Crippen LogP contribution in [-0.4, -0.2) is 8.42 Å². The molecule has 0 amide bonds. The molecule has 0 saturated carbocycles. The molecule has 8 heteroatoms. The van der Waals surface area contributed by atoms with Gasteiger partial charge in [-0.3, -0.25) is 0 Å². The topological polar surface area (TPSA) is 72.2 Å². The first-order valence-electron chi connectivity index (χ1n) is 5.17. The second-order valence-corrected chi connectivity index (χ2v) is 6.48. The monoisotopic (exact) mass is 304 g/mol. The van der Waals surface area contributed by atoms with Crippen LogP contribution in [0.15, 0.2) is 34.5 Å². The number of hydrogen-bond acceptors (Lipinski definition) is 4. The number of thiophene rings is 1. The van der Waals surface area contributed by atoms with Crippen molar-refractivity contribution in [2.45, 2.75) is 11.4 Å². The highest BCUT2D eigenvalue weighted by molar-refractivity contribution is 7.89. The first-order valence-corrected chi connectivity index (χ1v) is 7.53. The van der Waals surface area contributed by atoms with Gasteiger partial charge in [0.25, 0.3) is 0 Å². The Kier molecular flexibility index (Phi) is 3.83. The molecule has 1 aromatic carbocycles. The maximum absolute atomic E-state index is 13.5. The molecule has 0 radical (unpaired) electrons. The zero-order chi connectivity index (χ0) is 14.0. The predicted molar refractivity (Wildman–Crippen MR) is 69.1 cm³/mol. The lowest BCUT2D eigenvalue weighted by Gasteiger charge is -2.08. The SMILES string of the molecule is Nc1cc(S(=O)(=O)NCc2cccs2)c(F)cc1F. The summed E-state index contributed by atoms with van der Waals surface area (Å²) in [7, 11) is -4.07. The van der Waals surface area contributed by atoms with Gasteiger partial charge in [0, 0.05) is 17.5 Å². The lowest BCUT2D eigenvalue weighted by atomic mass is 10.3. The van der Waals surface area contributed by atoms with Crippen molar-refractivity contribution < 1.29 is 17.2 Å². The summed E-state index contributed by atoms with van der Waals surface area (Å²) in [6.45, 7) is 0.0384. The van der Waals surface area contributed by atoms with Crippen molar-refractivity contribution in [2.75, 3.05) is 5.73 Å². The van der Waals surface area contributed by atoms with E-state index in [0.717, 1.165) is 10.9 Å². The van der Waals surface area contributed by atoms with E-state index in [4.69, 9.17) is 5.73 Å². The van der Waals surface area contributed by atoms with Crippen molar-refractivity contribution in [1.82, 2.24) is 4.72 Å². The summed E-state index contributed by atoms with van der Waals surface area (Å²) in [5, 5.41) is 1.79. The van der Waals surface area contributed by atoms with E-state index in [9.17, 15) is 17.2 Å². The molecule has 2 aromatic rings. The first kappa shape index (κ1) is 13.9. The van der Waals surface area contributed by atoms with Crippen LogP contribution in [0.25, 0.3) is 0 Å². The Hall–Kier alpha value is -1.51. The third kappa shape index (κ3) is 3.09. The molecule has 4 nitrogen and oxygen atoms in total. The molecule has 0 aliphatic carbocycles. The maximum atomic E-state index is 13.5. The maximum Gasteiger partial charge on any atom is 0.243 e. The molecule has 3 N–H and O–H groups in total. The summed E-state index contributed by atoms with van der Waals surface area (Å²) in [6, 6.07) is 4.73. The van der Waals surface area contributed by atoms with Crippen molar-refractivity contribution in [3.8, 4) is 0 Å². The fraction of sp³-hybridized carbons (Fsp3) is 0.0909. The number of benzene rings is 1. The summed E-state index contributed by atoms with van der Waals surface area (Å²) in [5.74, 6) is -2.17. The largest absolute Gasteiger partial charge is 0.396 e. The van der Waals surface area contributed by atoms with Crippen molar-refractivity contribution in [1.29, 1.82) is 0 Å². The van der Waals surface area contributed by atoms with E-state index in [1.54, 1.807) is 17.5 Å². The van der Waals surface area contributed by atoms with Crippen molar-refractivity contribution in [3.05, 3.63) is 46.2 Å². The molecule has 0 spiro atoms. The van der Waals surface area contributed by atoms with Crippen molar-refractivity contribution in [2.24, 2.45) is 0 Å². The molecule has 0 atom stereocenters. The molecule has 0 unspecified atom stereocenters. The van der Waals surface area contributed by atoms with Crippen molar-refractivity contribution in [3.63, 3.8) is 0 Å². The van der Waals surface area contributed by atoms with Crippen LogP contribution in [0, 0.1) is 11.6 Å². The van der Waals surface area contributed by atoms with Crippen LogP contribution in [0.4, 0.5) is 14.5 Å². The number of nitrogen functional groups attached to an aromatic ring is 1. The molecule has 102 valence electrons. The van der Waals surface area contributed by atoms with Crippen LogP contribution in [-0.2, 0) is 16.6 Å². The molecule has 0 saturated heterocycles. The molecule has 1 heterocycles. The summed E-state index contributed by atoms with van der Waals surface area (Å²) in [4.78, 5) is 0.113. The normalized spacial score (nSPS) is 11.7. The Balaban J connectivity index is 2.27. The summed E-state index contributed by atoms with van der Waals surface area (Å²) in [6.07, 6.45) is 0. The van der Waals surface area contributed by atoms with Crippen LogP contribution in [0.1, 0.15) is 4.88 Å². The highest BCUT2D eigenvalue weighted by Crippen LogP contribution is 2.21. The molecule has 0 aliphatic rings. The minimum Gasteiger partial charge on any atom is -0.396 e. The van der Waals surface area contributed by atoms with Gasteiger partial charge in [0.2, 0.25) is 10.0 Å². The Morgan fingerprint density at radius 2 is 2.00 bits per heavy atom. The van der Waals surface area contributed by atoms with Gasteiger partial charge in [-0.2, -0.15) is 0 Å². The number of halogens is 2. The summed E-state index contributed by atoms with van der Waals surface area (Å²) >= 11 is 1.36. The third-order valence-corrected chi connectivity index (χ3v) is 4.65. The molecule has 1 aromatic heterocycles. The average molecular weight is 304 g/mol. The van der Waals surface area contributed by atoms with Crippen molar-refractivity contribution >= 4 is 27.0 Å². The van der Waals surface area contributed by atoms with Gasteiger partial charge >= 0.3 is 0 Å². The number of hydrogen-bond donors (Lipinski definition) is 2. The number of rotatable bonds is 4. The number of anilines is 1. The number of nitrogens with two attached hydrogens (primary N) is 1. The zero-order valence-electron chi connectivity index (χ0n) is 9.56.